The third-order valence-corrected chi connectivity index (χ3v) is 3.38. The average molecular weight is 294 g/mol. The molecule has 0 aliphatic rings. The molecule has 0 atom stereocenters. The number of carbonyl (C=O) groups is 1. The van der Waals surface area contributed by atoms with Crippen LogP contribution < -0.4 is 10.7 Å². The van der Waals surface area contributed by atoms with E-state index < -0.39 is 5.91 Å². The van der Waals surface area contributed by atoms with E-state index in [0.717, 1.165) is 5.56 Å². The zero-order valence-electron chi connectivity index (χ0n) is 12.0. The van der Waals surface area contributed by atoms with Crippen molar-refractivity contribution in [3.63, 3.8) is 0 Å². The van der Waals surface area contributed by atoms with Crippen molar-refractivity contribution in [2.45, 2.75) is 6.54 Å². The van der Waals surface area contributed by atoms with E-state index >= 15 is 0 Å². The van der Waals surface area contributed by atoms with Gasteiger partial charge in [-0.1, -0.05) is 12.1 Å². The van der Waals surface area contributed by atoms with Gasteiger partial charge in [-0.2, -0.15) is 5.10 Å². The van der Waals surface area contributed by atoms with E-state index in [0.29, 0.717) is 17.4 Å². The first-order valence-electron chi connectivity index (χ1n) is 6.80. The third-order valence-electron chi connectivity index (χ3n) is 3.38. The number of benzene rings is 1. The normalized spacial score (nSPS) is 10.6. The maximum atomic E-state index is 12.4. The van der Waals surface area contributed by atoms with Gasteiger partial charge in [-0.15, -0.1) is 0 Å². The summed E-state index contributed by atoms with van der Waals surface area (Å²) in [4.78, 5) is 28.5. The molecule has 3 aromatic rings. The lowest BCUT2D eigenvalue weighted by atomic mass is 10.2. The minimum Gasteiger partial charge on any atom is -0.346 e. The van der Waals surface area contributed by atoms with Gasteiger partial charge < -0.3 is 5.32 Å². The van der Waals surface area contributed by atoms with Crippen LogP contribution in [0.4, 0.5) is 0 Å². The fourth-order valence-electron chi connectivity index (χ4n) is 2.24. The summed E-state index contributed by atoms with van der Waals surface area (Å²) in [6.07, 6.45) is 3.30. The summed E-state index contributed by atoms with van der Waals surface area (Å²) in [5, 5.41) is 7.28. The van der Waals surface area contributed by atoms with E-state index in [1.54, 1.807) is 49.8 Å². The van der Waals surface area contributed by atoms with Gasteiger partial charge in [0.1, 0.15) is 0 Å². The van der Waals surface area contributed by atoms with Gasteiger partial charge >= 0.3 is 0 Å². The molecular weight excluding hydrogens is 280 g/mol. The van der Waals surface area contributed by atoms with Crippen LogP contribution in [-0.2, 0) is 13.6 Å². The number of rotatable bonds is 3. The third kappa shape index (κ3) is 2.58. The number of hydrogen-bond acceptors (Lipinski definition) is 4. The van der Waals surface area contributed by atoms with Crippen molar-refractivity contribution in [3.05, 3.63) is 70.3 Å². The lowest BCUT2D eigenvalue weighted by Crippen LogP contribution is -2.31. The van der Waals surface area contributed by atoms with Crippen molar-refractivity contribution >= 4 is 16.8 Å². The molecule has 0 fully saturated rings. The minimum absolute atomic E-state index is 0.102. The minimum atomic E-state index is -0.483. The van der Waals surface area contributed by atoms with Gasteiger partial charge in [0.15, 0.2) is 5.69 Å². The molecule has 6 heteroatoms. The fourth-order valence-corrected chi connectivity index (χ4v) is 2.24. The SMILES string of the molecule is Cn1nc(C(=O)NCc2ccncc2)c(=O)c2ccccc21. The molecule has 2 heterocycles. The van der Waals surface area contributed by atoms with E-state index in [1.807, 2.05) is 6.07 Å². The van der Waals surface area contributed by atoms with E-state index in [4.69, 9.17) is 0 Å². The van der Waals surface area contributed by atoms with Crippen molar-refractivity contribution in [2.75, 3.05) is 0 Å². The lowest BCUT2D eigenvalue weighted by Gasteiger charge is -2.08. The van der Waals surface area contributed by atoms with Crippen LogP contribution in [0.3, 0.4) is 0 Å². The molecule has 6 nitrogen and oxygen atoms in total. The molecule has 22 heavy (non-hydrogen) atoms. The van der Waals surface area contributed by atoms with Crippen LogP contribution >= 0.6 is 0 Å². The Morgan fingerprint density at radius 2 is 1.91 bits per heavy atom. The first-order valence-corrected chi connectivity index (χ1v) is 6.80. The topological polar surface area (TPSA) is 76.9 Å². The average Bonchev–Trinajstić information content (AvgIpc) is 2.57. The molecule has 0 radical (unpaired) electrons. The number of aryl methyl sites for hydroxylation is 1. The molecule has 1 aromatic carbocycles. The molecule has 3 rings (SSSR count). The van der Waals surface area contributed by atoms with Gasteiger partial charge in [0.25, 0.3) is 5.91 Å². The smallest absolute Gasteiger partial charge is 0.276 e. The number of fused-ring (bicyclic) bond motifs is 1. The van der Waals surface area contributed by atoms with Gasteiger partial charge in [-0.05, 0) is 29.8 Å². The molecule has 0 unspecified atom stereocenters. The molecule has 110 valence electrons. The number of hydrogen-bond donors (Lipinski definition) is 1. The number of amides is 1. The Balaban J connectivity index is 1.91. The molecule has 0 bridgehead atoms. The molecule has 0 saturated carbocycles. The van der Waals surface area contributed by atoms with Crippen LogP contribution in [0.25, 0.3) is 10.9 Å². The summed E-state index contributed by atoms with van der Waals surface area (Å²) in [5.74, 6) is -0.483. The zero-order valence-corrected chi connectivity index (χ0v) is 12.0. The predicted molar refractivity (Wildman–Crippen MR) is 82.4 cm³/mol. The van der Waals surface area contributed by atoms with Crippen molar-refractivity contribution in [2.24, 2.45) is 7.05 Å². The largest absolute Gasteiger partial charge is 0.346 e. The second-order valence-corrected chi connectivity index (χ2v) is 4.86. The number of nitrogens with zero attached hydrogens (tertiary/aromatic N) is 3. The van der Waals surface area contributed by atoms with Crippen molar-refractivity contribution in [1.29, 1.82) is 0 Å². The monoisotopic (exact) mass is 294 g/mol. The Hall–Kier alpha value is -3.02. The van der Waals surface area contributed by atoms with Gasteiger partial charge in [0.2, 0.25) is 5.43 Å². The number of carbonyl (C=O) groups excluding carboxylic acids is 1. The Morgan fingerprint density at radius 3 is 2.68 bits per heavy atom. The van der Waals surface area contributed by atoms with E-state index in [2.05, 4.69) is 15.4 Å². The molecule has 1 amide bonds. The summed E-state index contributed by atoms with van der Waals surface area (Å²) < 4.78 is 1.54. The summed E-state index contributed by atoms with van der Waals surface area (Å²) in [6, 6.07) is 10.7. The van der Waals surface area contributed by atoms with Crippen LogP contribution in [0, 0.1) is 0 Å². The van der Waals surface area contributed by atoms with Crippen LogP contribution in [-0.4, -0.2) is 20.7 Å². The Kier molecular flexibility index (Phi) is 3.65. The number of pyridine rings is 1. The van der Waals surface area contributed by atoms with Crippen LogP contribution in [0.1, 0.15) is 16.1 Å². The fraction of sp³-hybridized carbons (Fsp3) is 0.125. The molecule has 1 N–H and O–H groups in total. The second-order valence-electron chi connectivity index (χ2n) is 4.86. The zero-order chi connectivity index (χ0) is 15.5. The first kappa shape index (κ1) is 13.9. The van der Waals surface area contributed by atoms with E-state index in [-0.39, 0.29) is 11.1 Å². The Labute approximate surface area is 126 Å². The molecule has 0 aliphatic heterocycles. The molecule has 0 aliphatic carbocycles. The van der Waals surface area contributed by atoms with E-state index in [9.17, 15) is 9.59 Å². The molecule has 2 aromatic heterocycles. The van der Waals surface area contributed by atoms with Crippen molar-refractivity contribution in [3.8, 4) is 0 Å². The summed E-state index contributed by atoms with van der Waals surface area (Å²) >= 11 is 0. The highest BCUT2D eigenvalue weighted by molar-refractivity contribution is 5.95. The first-order chi connectivity index (χ1) is 10.7. The maximum absolute atomic E-state index is 12.4. The van der Waals surface area contributed by atoms with Crippen molar-refractivity contribution in [1.82, 2.24) is 20.1 Å². The maximum Gasteiger partial charge on any atom is 0.276 e. The highest BCUT2D eigenvalue weighted by atomic mass is 16.2. The van der Waals surface area contributed by atoms with Gasteiger partial charge in [0, 0.05) is 31.4 Å². The quantitative estimate of drug-likeness (QED) is 0.789. The highest BCUT2D eigenvalue weighted by Crippen LogP contribution is 2.08. The van der Waals surface area contributed by atoms with E-state index in [1.165, 1.54) is 4.68 Å². The Morgan fingerprint density at radius 1 is 1.18 bits per heavy atom. The molecule has 0 spiro atoms. The van der Waals surface area contributed by atoms with Crippen LogP contribution in [0.15, 0.2) is 53.6 Å². The highest BCUT2D eigenvalue weighted by Gasteiger charge is 2.15. The Bertz CT molecular complexity index is 888. The second kappa shape index (κ2) is 5.77. The summed E-state index contributed by atoms with van der Waals surface area (Å²) in [6.45, 7) is 0.318. The van der Waals surface area contributed by atoms with Crippen molar-refractivity contribution < 1.29 is 4.79 Å². The number of para-hydroxylation sites is 1. The van der Waals surface area contributed by atoms with Gasteiger partial charge in [0.05, 0.1) is 5.52 Å². The summed E-state index contributed by atoms with van der Waals surface area (Å²) in [5.41, 5.74) is 1.13. The molecule has 0 saturated heterocycles. The molecular formula is C16H14N4O2. The van der Waals surface area contributed by atoms with Gasteiger partial charge in [-0.3, -0.25) is 19.3 Å². The standard InChI is InChI=1S/C16H14N4O2/c1-20-13-5-3-2-4-12(13)15(21)14(19-20)16(22)18-10-11-6-8-17-9-7-11/h2-9H,10H2,1H3,(H,18,22). The predicted octanol–water partition coefficient (Wildman–Crippen LogP) is 1.26. The lowest BCUT2D eigenvalue weighted by molar-refractivity contribution is 0.0943. The summed E-state index contributed by atoms with van der Waals surface area (Å²) in [7, 11) is 1.71. The number of aromatic nitrogens is 3. The van der Waals surface area contributed by atoms with Gasteiger partial charge in [-0.25, -0.2) is 0 Å². The van der Waals surface area contributed by atoms with Crippen LogP contribution in [0.2, 0.25) is 0 Å². The number of nitrogens with one attached hydrogen (secondary N) is 1. The van der Waals surface area contributed by atoms with Crippen LogP contribution in [0.5, 0.6) is 0 Å².